The molecule has 1 fully saturated rings. The lowest BCUT2D eigenvalue weighted by atomic mass is 10.1. The Morgan fingerprint density at radius 3 is 2.26 bits per heavy atom. The van der Waals surface area contributed by atoms with Crippen LogP contribution in [0.3, 0.4) is 0 Å². The summed E-state index contributed by atoms with van der Waals surface area (Å²) in [4.78, 5) is 33.2. The average molecular weight is 523 g/mol. The summed E-state index contributed by atoms with van der Waals surface area (Å²) in [7, 11) is 0. The fraction of sp³-hybridized carbons (Fsp3) is 0.208. The number of amides is 2. The first-order valence-electron chi connectivity index (χ1n) is 10.6. The first-order chi connectivity index (χ1) is 16.6. The summed E-state index contributed by atoms with van der Waals surface area (Å²) >= 11 is 12.0. The van der Waals surface area contributed by atoms with Crippen LogP contribution in [0, 0.1) is 0 Å². The third kappa shape index (κ3) is 5.68. The smallest absolute Gasteiger partial charge is 0.353 e. The number of hydrogen-bond acceptors (Lipinski definition) is 4. The summed E-state index contributed by atoms with van der Waals surface area (Å²) in [5.74, 6) is -0.438. The summed E-state index contributed by atoms with van der Waals surface area (Å²) in [6, 6.07) is 12.6. The molecule has 0 atom stereocenters. The van der Waals surface area contributed by atoms with E-state index in [1.165, 1.54) is 24.4 Å². The zero-order valence-corrected chi connectivity index (χ0v) is 19.7. The Bertz CT molecular complexity index is 1240. The van der Waals surface area contributed by atoms with E-state index in [-0.39, 0.29) is 11.6 Å². The summed E-state index contributed by atoms with van der Waals surface area (Å²) in [5.41, 5.74) is -0.822. The van der Waals surface area contributed by atoms with E-state index in [2.05, 4.69) is 10.3 Å². The van der Waals surface area contributed by atoms with Gasteiger partial charge in [-0.3, -0.25) is 9.59 Å². The molecule has 6 nitrogen and oxygen atoms in total. The number of carbonyl (C=O) groups is 2. The van der Waals surface area contributed by atoms with Crippen LogP contribution in [0.2, 0.25) is 10.0 Å². The van der Waals surface area contributed by atoms with Gasteiger partial charge in [-0.25, -0.2) is 4.98 Å². The third-order valence-corrected chi connectivity index (χ3v) is 6.08. The number of aromatic nitrogens is 1. The zero-order valence-electron chi connectivity index (χ0n) is 18.1. The molecule has 2 heterocycles. The summed E-state index contributed by atoms with van der Waals surface area (Å²) in [6.07, 6.45) is -3.26. The van der Waals surface area contributed by atoms with Crippen molar-refractivity contribution in [3.8, 4) is 0 Å². The molecule has 0 aliphatic carbocycles. The minimum atomic E-state index is -4.64. The van der Waals surface area contributed by atoms with Crippen molar-refractivity contribution < 1.29 is 22.8 Å². The number of hydrogen-bond donors (Lipinski definition) is 1. The number of benzene rings is 2. The number of anilines is 2. The first-order valence-corrected chi connectivity index (χ1v) is 11.3. The molecule has 0 saturated carbocycles. The van der Waals surface area contributed by atoms with Crippen LogP contribution >= 0.6 is 23.2 Å². The molecule has 1 N–H and O–H groups in total. The number of alkyl halides is 3. The van der Waals surface area contributed by atoms with Gasteiger partial charge in [0.1, 0.15) is 5.82 Å². The van der Waals surface area contributed by atoms with Gasteiger partial charge < -0.3 is 15.1 Å². The van der Waals surface area contributed by atoms with Crippen molar-refractivity contribution in [1.82, 2.24) is 9.88 Å². The molecule has 11 heteroatoms. The summed E-state index contributed by atoms with van der Waals surface area (Å²) < 4.78 is 39.5. The van der Waals surface area contributed by atoms with Gasteiger partial charge in [0.05, 0.1) is 33.6 Å². The van der Waals surface area contributed by atoms with Gasteiger partial charge in [-0.2, -0.15) is 13.2 Å². The molecule has 2 amide bonds. The fourth-order valence-electron chi connectivity index (χ4n) is 3.75. The monoisotopic (exact) mass is 522 g/mol. The van der Waals surface area contributed by atoms with Crippen molar-refractivity contribution >= 4 is 46.5 Å². The lowest BCUT2D eigenvalue weighted by molar-refractivity contribution is -0.137. The first kappa shape index (κ1) is 24.8. The molecule has 3 aromatic rings. The number of halogens is 5. The predicted octanol–water partition coefficient (Wildman–Crippen LogP) is 5.62. The van der Waals surface area contributed by atoms with E-state index in [1.807, 2.05) is 4.90 Å². The quantitative estimate of drug-likeness (QED) is 0.482. The maximum absolute atomic E-state index is 13.2. The summed E-state index contributed by atoms with van der Waals surface area (Å²) in [5, 5.41) is 3.20. The van der Waals surface area contributed by atoms with E-state index in [1.54, 1.807) is 29.2 Å². The molecule has 1 aromatic heterocycles. The molecule has 1 aliphatic heterocycles. The minimum absolute atomic E-state index is 0.184. The molecule has 1 saturated heterocycles. The number of nitrogens with one attached hydrogen (secondary N) is 1. The van der Waals surface area contributed by atoms with Gasteiger partial charge in [0.25, 0.3) is 11.8 Å². The second kappa shape index (κ2) is 10.1. The summed E-state index contributed by atoms with van der Waals surface area (Å²) in [6.45, 7) is 1.95. The fourth-order valence-corrected chi connectivity index (χ4v) is 4.24. The molecule has 0 bridgehead atoms. The topological polar surface area (TPSA) is 65.5 Å². The van der Waals surface area contributed by atoms with E-state index in [9.17, 15) is 22.8 Å². The van der Waals surface area contributed by atoms with Crippen molar-refractivity contribution in [1.29, 1.82) is 0 Å². The van der Waals surface area contributed by atoms with Crippen LogP contribution in [0.4, 0.5) is 24.7 Å². The van der Waals surface area contributed by atoms with Crippen molar-refractivity contribution in [2.45, 2.75) is 6.18 Å². The molecule has 0 spiro atoms. The van der Waals surface area contributed by atoms with Gasteiger partial charge in [0.15, 0.2) is 0 Å². The standard InChI is InChI=1S/C24H19Cl2F3N4O2/c25-15-5-7-18(20(26)13-15)23(35)33-11-9-32(10-12-33)21-8-6-16(14-30-21)31-22(34)17-3-1-2-4-19(17)24(27,28)29/h1-8,13-14H,9-12H2,(H,31,34). The van der Waals surface area contributed by atoms with Crippen LogP contribution < -0.4 is 10.2 Å². The number of piperazine rings is 1. The maximum atomic E-state index is 13.2. The van der Waals surface area contributed by atoms with Gasteiger partial charge in [-0.1, -0.05) is 35.3 Å². The Kier molecular flexibility index (Phi) is 7.18. The zero-order chi connectivity index (χ0) is 25.2. The van der Waals surface area contributed by atoms with Crippen molar-refractivity contribution in [2.75, 3.05) is 36.4 Å². The van der Waals surface area contributed by atoms with Gasteiger partial charge in [0.2, 0.25) is 0 Å². The molecular formula is C24H19Cl2F3N4O2. The van der Waals surface area contributed by atoms with E-state index in [0.29, 0.717) is 47.6 Å². The Balaban J connectivity index is 1.37. The number of carbonyl (C=O) groups excluding carboxylic acids is 2. The van der Waals surface area contributed by atoms with Gasteiger partial charge in [-0.15, -0.1) is 0 Å². The van der Waals surface area contributed by atoms with Crippen LogP contribution in [0.25, 0.3) is 0 Å². The Labute approximate surface area is 209 Å². The highest BCUT2D eigenvalue weighted by molar-refractivity contribution is 6.36. The van der Waals surface area contributed by atoms with Crippen LogP contribution in [0.5, 0.6) is 0 Å². The highest BCUT2D eigenvalue weighted by Gasteiger charge is 2.35. The molecule has 2 aromatic carbocycles. The van der Waals surface area contributed by atoms with E-state index < -0.39 is 23.2 Å². The molecule has 0 radical (unpaired) electrons. The Morgan fingerprint density at radius 2 is 1.63 bits per heavy atom. The SMILES string of the molecule is O=C(Nc1ccc(N2CCN(C(=O)c3ccc(Cl)cc3Cl)CC2)nc1)c1ccccc1C(F)(F)F. The van der Waals surface area contributed by atoms with Crippen molar-refractivity contribution in [2.24, 2.45) is 0 Å². The Hall–Kier alpha value is -3.30. The van der Waals surface area contributed by atoms with Gasteiger partial charge >= 0.3 is 6.18 Å². The van der Waals surface area contributed by atoms with Crippen LogP contribution in [-0.4, -0.2) is 47.9 Å². The number of pyridine rings is 1. The molecule has 0 unspecified atom stereocenters. The maximum Gasteiger partial charge on any atom is 0.417 e. The number of nitrogens with zero attached hydrogens (tertiary/aromatic N) is 3. The predicted molar refractivity (Wildman–Crippen MR) is 128 cm³/mol. The average Bonchev–Trinajstić information content (AvgIpc) is 2.84. The van der Waals surface area contributed by atoms with E-state index in [4.69, 9.17) is 23.2 Å². The van der Waals surface area contributed by atoms with Gasteiger partial charge in [0, 0.05) is 31.2 Å². The lowest BCUT2D eigenvalue weighted by Gasteiger charge is -2.35. The van der Waals surface area contributed by atoms with Crippen LogP contribution in [0.15, 0.2) is 60.8 Å². The van der Waals surface area contributed by atoms with Crippen molar-refractivity contribution in [3.63, 3.8) is 0 Å². The molecule has 4 rings (SSSR count). The lowest BCUT2D eigenvalue weighted by Crippen LogP contribution is -2.49. The van der Waals surface area contributed by atoms with E-state index >= 15 is 0 Å². The Morgan fingerprint density at radius 1 is 0.914 bits per heavy atom. The highest BCUT2D eigenvalue weighted by Crippen LogP contribution is 2.32. The molecule has 182 valence electrons. The van der Waals surface area contributed by atoms with Crippen LogP contribution in [0.1, 0.15) is 26.3 Å². The highest BCUT2D eigenvalue weighted by atomic mass is 35.5. The van der Waals surface area contributed by atoms with E-state index in [0.717, 1.165) is 12.1 Å². The third-order valence-electron chi connectivity index (χ3n) is 5.54. The normalized spacial score (nSPS) is 14.1. The minimum Gasteiger partial charge on any atom is -0.353 e. The second-order valence-corrected chi connectivity index (χ2v) is 8.65. The second-order valence-electron chi connectivity index (χ2n) is 7.81. The van der Waals surface area contributed by atoms with Gasteiger partial charge in [-0.05, 0) is 42.5 Å². The molecule has 1 aliphatic rings. The molecular weight excluding hydrogens is 504 g/mol. The number of rotatable bonds is 4. The van der Waals surface area contributed by atoms with Crippen LogP contribution in [-0.2, 0) is 6.18 Å². The largest absolute Gasteiger partial charge is 0.417 e. The molecule has 35 heavy (non-hydrogen) atoms. The van der Waals surface area contributed by atoms with Crippen molar-refractivity contribution in [3.05, 3.63) is 87.5 Å².